The van der Waals surface area contributed by atoms with Crippen LogP contribution in [0.5, 0.6) is 5.75 Å². The molecule has 0 saturated heterocycles. The molecule has 14 heavy (non-hydrogen) atoms. The Hall–Kier alpha value is -1.51. The van der Waals surface area contributed by atoms with Crippen LogP contribution in [-0.4, -0.2) is 12.5 Å². The molecule has 0 fully saturated rings. The molecule has 1 aliphatic heterocycles. The third-order valence-corrected chi connectivity index (χ3v) is 2.44. The number of benzene rings is 1. The van der Waals surface area contributed by atoms with Gasteiger partial charge in [0.1, 0.15) is 5.75 Å². The van der Waals surface area contributed by atoms with Crippen molar-refractivity contribution < 1.29 is 9.53 Å². The molecule has 0 atom stereocenters. The number of primary amides is 1. The summed E-state index contributed by atoms with van der Waals surface area (Å²) in [5.74, 6) is 0.518. The van der Waals surface area contributed by atoms with Gasteiger partial charge in [0.05, 0.1) is 6.61 Å². The van der Waals surface area contributed by atoms with Gasteiger partial charge in [0.2, 0.25) is 5.91 Å². The zero-order valence-electron chi connectivity index (χ0n) is 7.95. The molecular formula is C11H13NO2. The van der Waals surface area contributed by atoms with Gasteiger partial charge in [0.15, 0.2) is 0 Å². The van der Waals surface area contributed by atoms with E-state index >= 15 is 0 Å². The monoisotopic (exact) mass is 191 g/mol. The Morgan fingerprint density at radius 2 is 2.21 bits per heavy atom. The van der Waals surface area contributed by atoms with E-state index in [4.69, 9.17) is 10.5 Å². The van der Waals surface area contributed by atoms with Crippen LogP contribution in [0, 0.1) is 0 Å². The first-order valence-electron chi connectivity index (χ1n) is 4.83. The van der Waals surface area contributed by atoms with E-state index in [1.54, 1.807) is 6.07 Å². The highest BCUT2D eigenvalue weighted by Gasteiger charge is 2.10. The maximum absolute atomic E-state index is 11.0. The number of carbonyl (C=O) groups is 1. The first-order valence-corrected chi connectivity index (χ1v) is 4.83. The summed E-state index contributed by atoms with van der Waals surface area (Å²) in [6.07, 6.45) is 3.15. The predicted octanol–water partition coefficient (Wildman–Crippen LogP) is 1.50. The highest BCUT2D eigenvalue weighted by molar-refractivity contribution is 5.93. The first kappa shape index (κ1) is 9.06. The molecule has 3 heteroatoms. The molecular weight excluding hydrogens is 178 g/mol. The quantitative estimate of drug-likeness (QED) is 0.731. The van der Waals surface area contributed by atoms with Gasteiger partial charge in [-0.2, -0.15) is 0 Å². The smallest absolute Gasteiger partial charge is 0.248 e. The number of hydrogen-bond acceptors (Lipinski definition) is 2. The molecule has 1 aliphatic rings. The Bertz CT molecular complexity index is 360. The van der Waals surface area contributed by atoms with Gasteiger partial charge in [-0.3, -0.25) is 4.79 Å². The summed E-state index contributed by atoms with van der Waals surface area (Å²) in [7, 11) is 0. The maximum Gasteiger partial charge on any atom is 0.248 e. The Kier molecular flexibility index (Phi) is 2.39. The number of nitrogens with two attached hydrogens (primary N) is 1. The Morgan fingerprint density at radius 3 is 3.00 bits per heavy atom. The van der Waals surface area contributed by atoms with Crippen LogP contribution in [0.25, 0.3) is 0 Å². The third kappa shape index (κ3) is 1.71. The second kappa shape index (κ2) is 3.70. The molecule has 0 aromatic heterocycles. The molecule has 2 N–H and O–H groups in total. The van der Waals surface area contributed by atoms with Gasteiger partial charge < -0.3 is 10.5 Å². The SMILES string of the molecule is NC(=O)c1ccc2c(c1)CCCCO2. The molecule has 0 aliphatic carbocycles. The highest BCUT2D eigenvalue weighted by atomic mass is 16.5. The second-order valence-electron chi connectivity index (χ2n) is 3.49. The number of rotatable bonds is 1. The summed E-state index contributed by atoms with van der Waals surface area (Å²) in [5, 5.41) is 0. The minimum absolute atomic E-state index is 0.378. The van der Waals surface area contributed by atoms with Crippen molar-refractivity contribution in [3.8, 4) is 5.75 Å². The van der Waals surface area contributed by atoms with E-state index in [1.165, 1.54) is 0 Å². The molecule has 1 amide bonds. The fraction of sp³-hybridized carbons (Fsp3) is 0.364. The summed E-state index contributed by atoms with van der Waals surface area (Å²) in [5.41, 5.74) is 6.87. The molecule has 2 rings (SSSR count). The lowest BCUT2D eigenvalue weighted by atomic mass is 10.0. The van der Waals surface area contributed by atoms with Crippen LogP contribution < -0.4 is 10.5 Å². The summed E-state index contributed by atoms with van der Waals surface area (Å²) in [4.78, 5) is 11.0. The topological polar surface area (TPSA) is 52.3 Å². The fourth-order valence-corrected chi connectivity index (χ4v) is 1.67. The van der Waals surface area contributed by atoms with E-state index in [1.807, 2.05) is 12.1 Å². The standard InChI is InChI=1S/C11H13NO2/c12-11(13)9-4-5-10-8(7-9)3-1-2-6-14-10/h4-5,7H,1-3,6H2,(H2,12,13). The van der Waals surface area contributed by atoms with Crippen molar-refractivity contribution in [3.05, 3.63) is 29.3 Å². The largest absolute Gasteiger partial charge is 0.493 e. The van der Waals surface area contributed by atoms with Crippen LogP contribution in [0.1, 0.15) is 28.8 Å². The number of amides is 1. The number of fused-ring (bicyclic) bond motifs is 1. The molecule has 1 aromatic rings. The van der Waals surface area contributed by atoms with Crippen LogP contribution >= 0.6 is 0 Å². The number of hydrogen-bond donors (Lipinski definition) is 1. The summed E-state index contributed by atoms with van der Waals surface area (Å²) >= 11 is 0. The van der Waals surface area contributed by atoms with E-state index in [2.05, 4.69) is 0 Å². The van der Waals surface area contributed by atoms with Crippen LogP contribution in [0.3, 0.4) is 0 Å². The normalized spacial score (nSPS) is 15.1. The van der Waals surface area contributed by atoms with Crippen LogP contribution in [-0.2, 0) is 6.42 Å². The van der Waals surface area contributed by atoms with Gasteiger partial charge in [-0.15, -0.1) is 0 Å². The maximum atomic E-state index is 11.0. The van der Waals surface area contributed by atoms with Gasteiger partial charge in [0, 0.05) is 5.56 Å². The van der Waals surface area contributed by atoms with Crippen LogP contribution in [0.4, 0.5) is 0 Å². The summed E-state index contributed by atoms with van der Waals surface area (Å²) in [6.45, 7) is 0.767. The van der Waals surface area contributed by atoms with Crippen molar-refractivity contribution >= 4 is 5.91 Å². The zero-order chi connectivity index (χ0) is 9.97. The van der Waals surface area contributed by atoms with E-state index in [-0.39, 0.29) is 5.91 Å². The molecule has 1 heterocycles. The van der Waals surface area contributed by atoms with Crippen molar-refractivity contribution in [2.75, 3.05) is 6.61 Å². The molecule has 0 unspecified atom stereocenters. The van der Waals surface area contributed by atoms with Crippen LogP contribution in [0.2, 0.25) is 0 Å². The molecule has 0 saturated carbocycles. The minimum atomic E-state index is -0.378. The highest BCUT2D eigenvalue weighted by Crippen LogP contribution is 2.24. The molecule has 0 spiro atoms. The average Bonchev–Trinajstić information content (AvgIpc) is 2.41. The lowest BCUT2D eigenvalue weighted by Crippen LogP contribution is -2.11. The van der Waals surface area contributed by atoms with E-state index < -0.39 is 0 Å². The van der Waals surface area contributed by atoms with Gasteiger partial charge in [0.25, 0.3) is 0 Å². The number of ether oxygens (including phenoxy) is 1. The fourth-order valence-electron chi connectivity index (χ4n) is 1.67. The van der Waals surface area contributed by atoms with Gasteiger partial charge in [-0.05, 0) is 43.0 Å². The molecule has 74 valence electrons. The summed E-state index contributed by atoms with van der Waals surface area (Å²) < 4.78 is 5.53. The predicted molar refractivity (Wildman–Crippen MR) is 53.4 cm³/mol. The molecule has 3 nitrogen and oxygen atoms in total. The van der Waals surface area contributed by atoms with Crippen LogP contribution in [0.15, 0.2) is 18.2 Å². The Balaban J connectivity index is 2.37. The van der Waals surface area contributed by atoms with E-state index in [9.17, 15) is 4.79 Å². The second-order valence-corrected chi connectivity index (χ2v) is 3.49. The lowest BCUT2D eigenvalue weighted by Gasteiger charge is -2.07. The van der Waals surface area contributed by atoms with Crippen molar-refractivity contribution in [2.45, 2.75) is 19.3 Å². The third-order valence-electron chi connectivity index (χ3n) is 2.44. The summed E-state index contributed by atoms with van der Waals surface area (Å²) in [6, 6.07) is 5.39. The lowest BCUT2D eigenvalue weighted by molar-refractivity contribution is 0.1000. The van der Waals surface area contributed by atoms with Crippen molar-refractivity contribution in [1.82, 2.24) is 0 Å². The van der Waals surface area contributed by atoms with Crippen molar-refractivity contribution in [3.63, 3.8) is 0 Å². The van der Waals surface area contributed by atoms with Gasteiger partial charge in [-0.25, -0.2) is 0 Å². The number of carbonyl (C=O) groups excluding carboxylic acids is 1. The zero-order valence-corrected chi connectivity index (χ0v) is 7.95. The first-order chi connectivity index (χ1) is 6.77. The van der Waals surface area contributed by atoms with E-state index in [0.29, 0.717) is 5.56 Å². The molecule has 0 bridgehead atoms. The van der Waals surface area contributed by atoms with Crippen molar-refractivity contribution in [2.24, 2.45) is 5.73 Å². The number of aryl methyl sites for hydroxylation is 1. The Morgan fingerprint density at radius 1 is 1.36 bits per heavy atom. The minimum Gasteiger partial charge on any atom is -0.493 e. The average molecular weight is 191 g/mol. The van der Waals surface area contributed by atoms with Crippen molar-refractivity contribution in [1.29, 1.82) is 0 Å². The molecule has 0 radical (unpaired) electrons. The van der Waals surface area contributed by atoms with E-state index in [0.717, 1.165) is 37.2 Å². The Labute approximate surface area is 82.9 Å². The molecule has 1 aromatic carbocycles. The van der Waals surface area contributed by atoms with Gasteiger partial charge in [-0.1, -0.05) is 0 Å². The van der Waals surface area contributed by atoms with Gasteiger partial charge >= 0.3 is 0 Å².